The number of benzene rings is 1. The van der Waals surface area contributed by atoms with Gasteiger partial charge in [-0.25, -0.2) is 5.06 Å². The maximum Gasteiger partial charge on any atom is 0.277 e. The van der Waals surface area contributed by atoms with Crippen molar-refractivity contribution in [1.29, 1.82) is 0 Å². The van der Waals surface area contributed by atoms with Gasteiger partial charge in [0.15, 0.2) is 0 Å². The Morgan fingerprint density at radius 2 is 1.81 bits per heavy atom. The van der Waals surface area contributed by atoms with Gasteiger partial charge < -0.3 is 4.90 Å². The van der Waals surface area contributed by atoms with Crippen molar-refractivity contribution < 1.29 is 9.63 Å². The van der Waals surface area contributed by atoms with Crippen molar-refractivity contribution in [3.63, 3.8) is 0 Å². The third-order valence-corrected chi connectivity index (χ3v) is 2.13. The van der Waals surface area contributed by atoms with E-state index >= 15 is 0 Å². The minimum absolute atomic E-state index is 0.126. The maximum absolute atomic E-state index is 11.8. The fraction of sp³-hybridized carbons (Fsp3) is 0.417. The summed E-state index contributed by atoms with van der Waals surface area (Å²) in [5.74, 6) is -0.126. The molecule has 0 spiro atoms. The second-order valence-corrected chi connectivity index (χ2v) is 3.81. The average molecular weight is 222 g/mol. The number of hydrogen-bond donors (Lipinski definition) is 0. The summed E-state index contributed by atoms with van der Waals surface area (Å²) in [7, 11) is 5.55. The number of likely N-dealkylation sites (N-methyl/N-ethyl adjacent to an activating group) is 1. The highest BCUT2D eigenvalue weighted by Crippen LogP contribution is 2.03. The second kappa shape index (κ2) is 6.25. The van der Waals surface area contributed by atoms with Crippen molar-refractivity contribution in [3.05, 3.63) is 35.9 Å². The molecule has 1 aromatic carbocycles. The Morgan fingerprint density at radius 3 is 2.38 bits per heavy atom. The molecule has 0 aliphatic rings. The molecule has 16 heavy (non-hydrogen) atoms. The van der Waals surface area contributed by atoms with Crippen LogP contribution in [0.2, 0.25) is 0 Å². The molecule has 0 fully saturated rings. The molecule has 0 aliphatic heterocycles. The predicted octanol–water partition coefficient (Wildman–Crippen LogP) is 1.25. The van der Waals surface area contributed by atoms with Crippen LogP contribution in [0.5, 0.6) is 0 Å². The number of carbonyl (C=O) groups excluding carboxylic acids is 1. The van der Waals surface area contributed by atoms with Gasteiger partial charge in [0, 0.05) is 19.2 Å². The summed E-state index contributed by atoms with van der Waals surface area (Å²) in [5.41, 5.74) is 0.634. The predicted molar refractivity (Wildman–Crippen MR) is 63.0 cm³/mol. The van der Waals surface area contributed by atoms with E-state index in [1.807, 2.05) is 37.2 Å². The fourth-order valence-corrected chi connectivity index (χ4v) is 1.18. The highest BCUT2D eigenvalue weighted by molar-refractivity contribution is 5.93. The number of rotatable bonds is 5. The summed E-state index contributed by atoms with van der Waals surface area (Å²) in [6, 6.07) is 9.09. The van der Waals surface area contributed by atoms with E-state index in [0.29, 0.717) is 12.2 Å². The van der Waals surface area contributed by atoms with Crippen LogP contribution < -0.4 is 0 Å². The van der Waals surface area contributed by atoms with Crippen LogP contribution in [0.15, 0.2) is 30.3 Å². The minimum Gasteiger partial charge on any atom is -0.307 e. The van der Waals surface area contributed by atoms with Crippen molar-refractivity contribution in [2.24, 2.45) is 0 Å². The minimum atomic E-state index is -0.126. The van der Waals surface area contributed by atoms with Crippen LogP contribution >= 0.6 is 0 Å². The first-order valence-electron chi connectivity index (χ1n) is 5.22. The van der Waals surface area contributed by atoms with E-state index in [9.17, 15) is 4.79 Å². The van der Waals surface area contributed by atoms with Crippen LogP contribution in [0.4, 0.5) is 0 Å². The average Bonchev–Trinajstić information content (AvgIpc) is 2.28. The Hall–Kier alpha value is -1.39. The molecule has 1 aromatic rings. The molecule has 1 amide bonds. The monoisotopic (exact) mass is 222 g/mol. The van der Waals surface area contributed by atoms with Gasteiger partial charge in [-0.05, 0) is 26.2 Å². The zero-order valence-electron chi connectivity index (χ0n) is 10.0. The normalized spacial score (nSPS) is 10.5. The van der Waals surface area contributed by atoms with Crippen LogP contribution in [0.3, 0.4) is 0 Å². The van der Waals surface area contributed by atoms with Gasteiger partial charge in [-0.1, -0.05) is 18.2 Å². The lowest BCUT2D eigenvalue weighted by Crippen LogP contribution is -2.30. The lowest BCUT2D eigenvalue weighted by atomic mass is 10.2. The largest absolute Gasteiger partial charge is 0.307 e. The van der Waals surface area contributed by atoms with Crippen LogP contribution in [0, 0.1) is 0 Å². The van der Waals surface area contributed by atoms with Crippen LogP contribution in [-0.4, -0.2) is 50.2 Å². The van der Waals surface area contributed by atoms with Crippen LogP contribution in [0.1, 0.15) is 10.4 Å². The summed E-state index contributed by atoms with van der Waals surface area (Å²) in [4.78, 5) is 19.1. The van der Waals surface area contributed by atoms with E-state index in [-0.39, 0.29) is 5.91 Å². The van der Waals surface area contributed by atoms with E-state index in [0.717, 1.165) is 6.54 Å². The van der Waals surface area contributed by atoms with E-state index < -0.39 is 0 Å². The maximum atomic E-state index is 11.8. The molecule has 0 saturated carbocycles. The van der Waals surface area contributed by atoms with Gasteiger partial charge in [-0.3, -0.25) is 9.63 Å². The lowest BCUT2D eigenvalue weighted by Gasteiger charge is -2.18. The Morgan fingerprint density at radius 1 is 1.19 bits per heavy atom. The number of nitrogens with zero attached hydrogens (tertiary/aromatic N) is 2. The third-order valence-electron chi connectivity index (χ3n) is 2.13. The Labute approximate surface area is 96.4 Å². The first kappa shape index (κ1) is 12.7. The molecule has 0 radical (unpaired) electrons. The van der Waals surface area contributed by atoms with E-state index in [4.69, 9.17) is 4.84 Å². The lowest BCUT2D eigenvalue weighted by molar-refractivity contribution is -0.108. The van der Waals surface area contributed by atoms with E-state index in [1.54, 1.807) is 19.2 Å². The number of amides is 1. The molecule has 4 nitrogen and oxygen atoms in total. The summed E-state index contributed by atoms with van der Waals surface area (Å²) < 4.78 is 0. The summed E-state index contributed by atoms with van der Waals surface area (Å²) in [6.07, 6.45) is 0. The van der Waals surface area contributed by atoms with Crippen molar-refractivity contribution in [1.82, 2.24) is 9.96 Å². The number of hydroxylamine groups is 2. The molecule has 0 bridgehead atoms. The highest BCUT2D eigenvalue weighted by atomic mass is 16.7. The fourth-order valence-electron chi connectivity index (χ4n) is 1.18. The van der Waals surface area contributed by atoms with Crippen LogP contribution in [0.25, 0.3) is 0 Å². The molecule has 0 aromatic heterocycles. The molecule has 0 saturated heterocycles. The van der Waals surface area contributed by atoms with Crippen molar-refractivity contribution in [3.8, 4) is 0 Å². The molecule has 88 valence electrons. The second-order valence-electron chi connectivity index (χ2n) is 3.81. The topological polar surface area (TPSA) is 32.8 Å². The van der Waals surface area contributed by atoms with Crippen molar-refractivity contribution in [2.45, 2.75) is 0 Å². The SMILES string of the molecule is CN(C)CCON(C)C(=O)c1ccccc1. The van der Waals surface area contributed by atoms with Crippen molar-refractivity contribution >= 4 is 5.91 Å². The van der Waals surface area contributed by atoms with Gasteiger partial charge in [-0.2, -0.15) is 0 Å². The van der Waals surface area contributed by atoms with Gasteiger partial charge in [0.1, 0.15) is 0 Å². The first-order valence-corrected chi connectivity index (χ1v) is 5.22. The molecule has 0 aliphatic carbocycles. The quantitative estimate of drug-likeness (QED) is 0.703. The summed E-state index contributed by atoms with van der Waals surface area (Å²) >= 11 is 0. The molecule has 1 rings (SSSR count). The zero-order valence-corrected chi connectivity index (χ0v) is 10.0. The number of carbonyl (C=O) groups is 1. The smallest absolute Gasteiger partial charge is 0.277 e. The summed E-state index contributed by atoms with van der Waals surface area (Å²) in [6.45, 7) is 1.29. The molecular formula is C12H18N2O2. The first-order chi connectivity index (χ1) is 7.61. The van der Waals surface area contributed by atoms with Gasteiger partial charge in [0.05, 0.1) is 6.61 Å². The van der Waals surface area contributed by atoms with Gasteiger partial charge >= 0.3 is 0 Å². The molecule has 0 unspecified atom stereocenters. The molecule has 4 heteroatoms. The van der Waals surface area contributed by atoms with E-state index in [2.05, 4.69) is 0 Å². The van der Waals surface area contributed by atoms with Gasteiger partial charge in [-0.15, -0.1) is 0 Å². The number of hydrogen-bond acceptors (Lipinski definition) is 3. The molecular weight excluding hydrogens is 204 g/mol. The standard InChI is InChI=1S/C12H18N2O2/c1-13(2)9-10-16-14(3)12(15)11-7-5-4-6-8-11/h4-8H,9-10H2,1-3H3. The van der Waals surface area contributed by atoms with Crippen LogP contribution in [-0.2, 0) is 4.84 Å². The third kappa shape index (κ3) is 4.00. The van der Waals surface area contributed by atoms with Gasteiger partial charge in [0.2, 0.25) is 0 Å². The molecule has 0 heterocycles. The highest BCUT2D eigenvalue weighted by Gasteiger charge is 2.11. The Balaban J connectivity index is 2.43. The van der Waals surface area contributed by atoms with Crippen molar-refractivity contribution in [2.75, 3.05) is 34.3 Å². The Bertz CT molecular complexity index is 325. The molecule has 0 N–H and O–H groups in total. The zero-order chi connectivity index (χ0) is 12.0. The summed E-state index contributed by atoms with van der Waals surface area (Å²) in [5, 5.41) is 1.28. The molecule has 0 atom stereocenters. The van der Waals surface area contributed by atoms with E-state index in [1.165, 1.54) is 5.06 Å². The van der Waals surface area contributed by atoms with Gasteiger partial charge in [0.25, 0.3) is 5.91 Å². The Kier molecular flexibility index (Phi) is 4.95.